The van der Waals surface area contributed by atoms with Crippen LogP contribution in [0.3, 0.4) is 0 Å². The third-order valence-electron chi connectivity index (χ3n) is 0.179. The van der Waals surface area contributed by atoms with E-state index in [0.29, 0.717) is 0 Å². The molecule has 50 valence electrons. The molecule has 0 aromatic heterocycles. The Kier molecular flexibility index (Phi) is 3.15. The fraction of sp³-hybridized carbons (Fsp3) is 0. The van der Waals surface area contributed by atoms with Gasteiger partial charge in [0.1, 0.15) is 0 Å². The van der Waals surface area contributed by atoms with Crippen LogP contribution in [0, 0.1) is 0 Å². The van der Waals surface area contributed by atoms with Crippen LogP contribution in [0.15, 0.2) is 0 Å². The van der Waals surface area contributed by atoms with Gasteiger partial charge in [-0.05, 0) is 0 Å². The van der Waals surface area contributed by atoms with Gasteiger partial charge in [-0.3, -0.25) is 0 Å². The monoisotopic (exact) mass is 206 g/mol. The Morgan fingerprint density at radius 1 is 1.38 bits per heavy atom. The van der Waals surface area contributed by atoms with E-state index in [1.165, 1.54) is 0 Å². The van der Waals surface area contributed by atoms with Crippen LogP contribution in [0.25, 0.3) is 0 Å². The molecule has 0 saturated heterocycles. The zero-order valence-corrected chi connectivity index (χ0v) is 6.27. The quantitative estimate of drug-likeness (QED) is 0.309. The van der Waals surface area contributed by atoms with Gasteiger partial charge in [-0.25, -0.2) is 0 Å². The SMILES string of the molecule is O=[As](O)(O)OP(O)O. The van der Waals surface area contributed by atoms with E-state index in [4.69, 9.17) is 18.0 Å². The fourth-order valence-corrected chi connectivity index (χ4v) is 1.48. The summed E-state index contributed by atoms with van der Waals surface area (Å²) in [4.78, 5) is 15.6. The van der Waals surface area contributed by atoms with E-state index in [1.807, 2.05) is 0 Å². The summed E-state index contributed by atoms with van der Waals surface area (Å²) in [6.07, 6.45) is 0. The molecular weight excluding hydrogens is 202 g/mol. The van der Waals surface area contributed by atoms with Crippen molar-refractivity contribution in [1.29, 1.82) is 0 Å². The van der Waals surface area contributed by atoms with Gasteiger partial charge in [0.15, 0.2) is 0 Å². The molecule has 0 heterocycles. The van der Waals surface area contributed by atoms with Crippen LogP contribution < -0.4 is 0 Å². The molecule has 4 N–H and O–H groups in total. The van der Waals surface area contributed by atoms with Crippen molar-refractivity contribution in [1.82, 2.24) is 0 Å². The van der Waals surface area contributed by atoms with Crippen LogP contribution in [0.1, 0.15) is 0 Å². The first-order valence-electron chi connectivity index (χ1n) is 1.35. The van der Waals surface area contributed by atoms with Crippen molar-refractivity contribution in [3.63, 3.8) is 0 Å². The van der Waals surface area contributed by atoms with E-state index in [-0.39, 0.29) is 0 Å². The predicted octanol–water partition coefficient (Wildman–Crippen LogP) is -1.93. The van der Waals surface area contributed by atoms with Crippen molar-refractivity contribution in [2.24, 2.45) is 0 Å². The molecular formula is H4AsO6P. The fourth-order valence-electron chi connectivity index (χ4n) is 0.0951. The zero-order chi connectivity index (χ0) is 6.78. The van der Waals surface area contributed by atoms with Crippen molar-refractivity contribution in [2.45, 2.75) is 0 Å². The number of hydrogen-bond donors (Lipinski definition) is 4. The molecule has 6 nitrogen and oxygen atoms in total. The second-order valence-electron chi connectivity index (χ2n) is 0.825. The van der Waals surface area contributed by atoms with Gasteiger partial charge in [-0.2, -0.15) is 0 Å². The average molecular weight is 206 g/mol. The van der Waals surface area contributed by atoms with Crippen molar-refractivity contribution >= 4 is 23.1 Å². The van der Waals surface area contributed by atoms with E-state index in [2.05, 4.69) is 3.51 Å². The average Bonchev–Trinajstić information content (AvgIpc) is 1.21. The zero-order valence-electron chi connectivity index (χ0n) is 3.50. The van der Waals surface area contributed by atoms with E-state index in [9.17, 15) is 3.74 Å². The molecule has 0 unspecified atom stereocenters. The van der Waals surface area contributed by atoms with Crippen LogP contribution >= 0.6 is 8.60 Å². The Bertz CT molecular complexity index is 101. The summed E-state index contributed by atoms with van der Waals surface area (Å²) < 4.78 is 28.7. The maximum atomic E-state index is 9.67. The standard InChI is InChI=1S/AsH4O6P/c2-1(3,4)7-8(5)6/h5-6H,(H2,2,3,4). The predicted molar refractivity (Wildman–Crippen MR) is 23.3 cm³/mol. The van der Waals surface area contributed by atoms with Crippen LogP contribution in [0.5, 0.6) is 0 Å². The molecule has 0 radical (unpaired) electrons. The minimum absolute atomic E-state index is 2.92. The molecule has 0 aliphatic carbocycles. The summed E-state index contributed by atoms with van der Waals surface area (Å²) in [6.45, 7) is 0. The summed E-state index contributed by atoms with van der Waals surface area (Å²) in [7, 11) is -2.92. The van der Waals surface area contributed by atoms with Crippen molar-refractivity contribution in [3.05, 3.63) is 0 Å². The van der Waals surface area contributed by atoms with Gasteiger partial charge in [0.2, 0.25) is 0 Å². The molecule has 0 aromatic rings. The molecule has 0 fully saturated rings. The topological polar surface area (TPSA) is 107 Å². The summed E-state index contributed by atoms with van der Waals surface area (Å²) in [5.41, 5.74) is 0. The number of hydrogen-bond acceptors (Lipinski definition) is 4. The van der Waals surface area contributed by atoms with E-state index < -0.39 is 23.1 Å². The minimum atomic E-state index is -5.24. The first-order valence-corrected chi connectivity index (χ1v) is 5.72. The molecule has 0 amide bonds. The van der Waals surface area contributed by atoms with Crippen molar-refractivity contribution in [3.8, 4) is 0 Å². The molecule has 0 atom stereocenters. The summed E-state index contributed by atoms with van der Waals surface area (Å²) in [5, 5.41) is 0. The second kappa shape index (κ2) is 2.94. The Balaban J connectivity index is 3.56. The van der Waals surface area contributed by atoms with Crippen LogP contribution in [-0.2, 0) is 7.25 Å². The summed E-state index contributed by atoms with van der Waals surface area (Å²) in [6, 6.07) is 0. The Morgan fingerprint density at radius 2 is 1.75 bits per heavy atom. The molecule has 0 spiro atoms. The third-order valence-corrected chi connectivity index (χ3v) is 2.80. The Morgan fingerprint density at radius 3 is 1.75 bits per heavy atom. The van der Waals surface area contributed by atoms with Gasteiger partial charge in [0, 0.05) is 0 Å². The van der Waals surface area contributed by atoms with Gasteiger partial charge >= 0.3 is 48.3 Å². The van der Waals surface area contributed by atoms with Gasteiger partial charge in [-0.1, -0.05) is 0 Å². The number of rotatable bonds is 2. The molecule has 0 aromatic carbocycles. The molecule has 0 aliphatic rings. The molecule has 8 heteroatoms. The summed E-state index contributed by atoms with van der Waals surface area (Å²) in [5.74, 6) is 0. The van der Waals surface area contributed by atoms with Gasteiger partial charge in [0.25, 0.3) is 0 Å². The molecule has 8 heavy (non-hydrogen) atoms. The molecule has 0 rings (SSSR count). The van der Waals surface area contributed by atoms with E-state index >= 15 is 0 Å². The Labute approximate surface area is 49.1 Å². The molecule has 0 saturated carbocycles. The summed E-state index contributed by atoms with van der Waals surface area (Å²) >= 11 is -5.24. The first kappa shape index (κ1) is 8.59. The Hall–Kier alpha value is 0.588. The normalized spacial score (nSPS) is 12.6. The first-order chi connectivity index (χ1) is 3.42. The third kappa shape index (κ3) is 6.59. The van der Waals surface area contributed by atoms with Gasteiger partial charge in [-0.15, -0.1) is 0 Å². The van der Waals surface area contributed by atoms with Gasteiger partial charge < -0.3 is 0 Å². The van der Waals surface area contributed by atoms with Crippen molar-refractivity contribution < 1.29 is 25.2 Å². The van der Waals surface area contributed by atoms with Crippen LogP contribution in [0.4, 0.5) is 0 Å². The molecule has 0 bridgehead atoms. The van der Waals surface area contributed by atoms with Crippen LogP contribution in [0.2, 0.25) is 0 Å². The van der Waals surface area contributed by atoms with E-state index in [1.54, 1.807) is 0 Å². The maximum absolute atomic E-state index is 9.67. The second-order valence-corrected chi connectivity index (χ2v) is 4.58. The van der Waals surface area contributed by atoms with Crippen molar-refractivity contribution in [2.75, 3.05) is 0 Å². The van der Waals surface area contributed by atoms with Gasteiger partial charge in [0.05, 0.1) is 0 Å². The van der Waals surface area contributed by atoms with Crippen LogP contribution in [-0.4, -0.2) is 32.5 Å². The van der Waals surface area contributed by atoms with E-state index in [0.717, 1.165) is 0 Å². The molecule has 0 aliphatic heterocycles.